The van der Waals surface area contributed by atoms with Crippen molar-refractivity contribution >= 4 is 16.9 Å². The molecule has 0 spiro atoms. The van der Waals surface area contributed by atoms with Crippen LogP contribution in [-0.4, -0.2) is 23.1 Å². The first-order valence-corrected chi connectivity index (χ1v) is 8.51. The van der Waals surface area contributed by atoms with Gasteiger partial charge < -0.3 is 0 Å². The summed E-state index contributed by atoms with van der Waals surface area (Å²) in [6.07, 6.45) is 5.33. The van der Waals surface area contributed by atoms with Crippen molar-refractivity contribution < 1.29 is 4.39 Å². The molecule has 3 aromatic heterocycles. The van der Waals surface area contributed by atoms with Gasteiger partial charge in [0.15, 0.2) is 11.2 Å². The van der Waals surface area contributed by atoms with Crippen LogP contribution in [0.3, 0.4) is 0 Å². The largest absolute Gasteiger partial charge is 0.332 e. The Bertz CT molecular complexity index is 1320. The summed E-state index contributed by atoms with van der Waals surface area (Å²) in [5, 5.41) is 0. The monoisotopic (exact) mass is 367 g/mol. The quantitative estimate of drug-likeness (QED) is 0.521. The number of fused-ring (bicyclic) bond motifs is 3. The second-order valence-corrected chi connectivity index (χ2v) is 6.36. The van der Waals surface area contributed by atoms with Crippen LogP contribution in [0.2, 0.25) is 0 Å². The Kier molecular flexibility index (Phi) is 3.83. The Morgan fingerprint density at radius 1 is 1.19 bits per heavy atom. The molecule has 0 N–H and O–H groups in total. The van der Waals surface area contributed by atoms with E-state index in [2.05, 4.69) is 4.98 Å². The smallest absolute Gasteiger partial charge is 0.283 e. The molecule has 3 heterocycles. The van der Waals surface area contributed by atoms with Crippen molar-refractivity contribution in [3.8, 4) is 5.69 Å². The lowest BCUT2D eigenvalue weighted by Gasteiger charge is -2.06. The SMILES string of the molecule is C/C=C\Cn1c(=O)c2c(nc3n(-c4ccc(F)cc4)c(C)cn23)n(C)c1=O. The van der Waals surface area contributed by atoms with Crippen molar-refractivity contribution in [2.24, 2.45) is 7.05 Å². The summed E-state index contributed by atoms with van der Waals surface area (Å²) < 4.78 is 19.3. The predicted molar refractivity (Wildman–Crippen MR) is 101 cm³/mol. The molecule has 4 aromatic rings. The molecule has 0 unspecified atom stereocenters. The third-order valence-corrected chi connectivity index (χ3v) is 4.63. The highest BCUT2D eigenvalue weighted by Gasteiger charge is 2.20. The number of aryl methyl sites for hydroxylation is 2. The fraction of sp³-hybridized carbons (Fsp3) is 0.211. The second-order valence-electron chi connectivity index (χ2n) is 6.36. The lowest BCUT2D eigenvalue weighted by molar-refractivity contribution is 0.627. The van der Waals surface area contributed by atoms with E-state index in [9.17, 15) is 14.0 Å². The van der Waals surface area contributed by atoms with E-state index in [0.717, 1.165) is 11.4 Å². The van der Waals surface area contributed by atoms with Gasteiger partial charge >= 0.3 is 5.69 Å². The highest BCUT2D eigenvalue weighted by molar-refractivity contribution is 5.76. The first-order valence-electron chi connectivity index (χ1n) is 8.51. The number of hydrogen-bond donors (Lipinski definition) is 0. The van der Waals surface area contributed by atoms with Gasteiger partial charge in [-0.2, -0.15) is 4.98 Å². The normalized spacial score (nSPS) is 12.0. The van der Waals surface area contributed by atoms with Gasteiger partial charge in [0.2, 0.25) is 5.78 Å². The molecule has 0 fully saturated rings. The molecule has 0 aliphatic heterocycles. The average molecular weight is 367 g/mol. The molecule has 0 saturated carbocycles. The highest BCUT2D eigenvalue weighted by atomic mass is 19.1. The molecule has 1 aromatic carbocycles. The molecule has 0 aliphatic carbocycles. The van der Waals surface area contributed by atoms with Crippen LogP contribution in [0.5, 0.6) is 0 Å². The summed E-state index contributed by atoms with van der Waals surface area (Å²) in [5.74, 6) is 0.160. The van der Waals surface area contributed by atoms with E-state index < -0.39 is 11.2 Å². The molecule has 7 nitrogen and oxygen atoms in total. The maximum absolute atomic E-state index is 13.3. The standard InChI is InChI=1S/C19H18FN5O2/c1-4-5-10-23-17(26)15-16(22(3)19(23)27)21-18-24(15)11-12(2)25(18)14-8-6-13(20)7-9-14/h4-9,11H,10H2,1-3H3/b5-4-. The Morgan fingerprint density at radius 2 is 1.89 bits per heavy atom. The zero-order valence-corrected chi connectivity index (χ0v) is 15.2. The van der Waals surface area contributed by atoms with Crippen molar-refractivity contribution in [3.05, 3.63) is 75.0 Å². The number of halogens is 1. The maximum Gasteiger partial charge on any atom is 0.332 e. The van der Waals surface area contributed by atoms with Crippen molar-refractivity contribution in [1.82, 2.24) is 23.1 Å². The van der Waals surface area contributed by atoms with Gasteiger partial charge in [-0.25, -0.2) is 9.18 Å². The number of allylic oxidation sites excluding steroid dienone is 2. The molecule has 0 amide bonds. The second kappa shape index (κ2) is 6.08. The minimum absolute atomic E-state index is 0.197. The highest BCUT2D eigenvalue weighted by Crippen LogP contribution is 2.21. The maximum atomic E-state index is 13.3. The lowest BCUT2D eigenvalue weighted by Crippen LogP contribution is -2.39. The number of benzene rings is 1. The first kappa shape index (κ1) is 17.0. The Labute approximate surface area is 153 Å². The average Bonchev–Trinajstić information content (AvgIpc) is 3.15. The van der Waals surface area contributed by atoms with Crippen LogP contribution in [-0.2, 0) is 13.6 Å². The molecule has 138 valence electrons. The predicted octanol–water partition coefficient (Wildman–Crippen LogP) is 2.16. The first-order chi connectivity index (χ1) is 12.9. The summed E-state index contributed by atoms with van der Waals surface area (Å²) in [6.45, 7) is 3.91. The lowest BCUT2D eigenvalue weighted by atomic mass is 10.3. The van der Waals surface area contributed by atoms with Crippen LogP contribution < -0.4 is 11.2 Å². The van der Waals surface area contributed by atoms with Gasteiger partial charge in [0.1, 0.15) is 5.82 Å². The topological polar surface area (TPSA) is 66.2 Å². The van der Waals surface area contributed by atoms with Gasteiger partial charge in [-0.05, 0) is 38.1 Å². The Morgan fingerprint density at radius 3 is 2.56 bits per heavy atom. The molecule has 0 saturated heterocycles. The third kappa shape index (κ3) is 2.44. The summed E-state index contributed by atoms with van der Waals surface area (Å²) in [5.41, 5.74) is 1.39. The van der Waals surface area contributed by atoms with E-state index in [1.165, 1.54) is 21.3 Å². The van der Waals surface area contributed by atoms with E-state index >= 15 is 0 Å². The number of imidazole rings is 2. The number of rotatable bonds is 3. The molecular weight excluding hydrogens is 349 g/mol. The van der Waals surface area contributed by atoms with Gasteiger partial charge in [0.05, 0.1) is 0 Å². The van der Waals surface area contributed by atoms with E-state index in [4.69, 9.17) is 0 Å². The third-order valence-electron chi connectivity index (χ3n) is 4.63. The van der Waals surface area contributed by atoms with Crippen molar-refractivity contribution in [2.75, 3.05) is 0 Å². The summed E-state index contributed by atoms with van der Waals surface area (Å²) in [7, 11) is 1.60. The van der Waals surface area contributed by atoms with Crippen molar-refractivity contribution in [1.29, 1.82) is 0 Å². The van der Waals surface area contributed by atoms with Gasteiger partial charge in [-0.3, -0.25) is 22.9 Å². The van der Waals surface area contributed by atoms with Gasteiger partial charge in [0.25, 0.3) is 5.56 Å². The molecule has 8 heteroatoms. The van der Waals surface area contributed by atoms with Crippen LogP contribution in [0.1, 0.15) is 12.6 Å². The van der Waals surface area contributed by atoms with E-state index in [-0.39, 0.29) is 12.4 Å². The Hall–Kier alpha value is -3.42. The molecule has 0 bridgehead atoms. The minimum atomic E-state index is -0.420. The van der Waals surface area contributed by atoms with Crippen LogP contribution >= 0.6 is 0 Å². The van der Waals surface area contributed by atoms with Crippen LogP contribution in [0.4, 0.5) is 4.39 Å². The molecule has 4 rings (SSSR count). The minimum Gasteiger partial charge on any atom is -0.283 e. The Balaban J connectivity index is 2.10. The van der Waals surface area contributed by atoms with Crippen LogP contribution in [0.15, 0.2) is 52.2 Å². The van der Waals surface area contributed by atoms with Gasteiger partial charge in [-0.1, -0.05) is 12.2 Å². The van der Waals surface area contributed by atoms with E-state index in [0.29, 0.717) is 16.9 Å². The van der Waals surface area contributed by atoms with Crippen LogP contribution in [0.25, 0.3) is 22.6 Å². The fourth-order valence-corrected chi connectivity index (χ4v) is 3.29. The molecule has 0 radical (unpaired) electrons. The molecule has 0 aliphatic rings. The zero-order chi connectivity index (χ0) is 19.3. The zero-order valence-electron chi connectivity index (χ0n) is 15.2. The number of nitrogens with zero attached hydrogens (tertiary/aromatic N) is 5. The molecular formula is C19H18FN5O2. The number of aromatic nitrogens is 5. The fourth-order valence-electron chi connectivity index (χ4n) is 3.29. The summed E-state index contributed by atoms with van der Waals surface area (Å²) in [4.78, 5) is 30.1. The van der Waals surface area contributed by atoms with Crippen LogP contribution in [0, 0.1) is 12.7 Å². The summed E-state index contributed by atoms with van der Waals surface area (Å²) in [6, 6.07) is 6.03. The van der Waals surface area contributed by atoms with Gasteiger partial charge in [0, 0.05) is 31.2 Å². The van der Waals surface area contributed by atoms with Gasteiger partial charge in [-0.15, -0.1) is 0 Å². The molecule has 0 atom stereocenters. The van der Waals surface area contributed by atoms with Crippen molar-refractivity contribution in [2.45, 2.75) is 20.4 Å². The van der Waals surface area contributed by atoms with Crippen molar-refractivity contribution in [3.63, 3.8) is 0 Å². The van der Waals surface area contributed by atoms with E-state index in [1.807, 2.05) is 18.4 Å². The molecule has 27 heavy (non-hydrogen) atoms. The van der Waals surface area contributed by atoms with E-state index in [1.54, 1.807) is 41.9 Å². The summed E-state index contributed by atoms with van der Waals surface area (Å²) >= 11 is 0. The number of hydrogen-bond acceptors (Lipinski definition) is 3.